The molecule has 0 fully saturated rings. The van der Waals surface area contributed by atoms with Gasteiger partial charge in [-0.3, -0.25) is 0 Å². The van der Waals surface area contributed by atoms with E-state index in [1.54, 1.807) is 0 Å². The van der Waals surface area contributed by atoms with Gasteiger partial charge in [0, 0.05) is 0 Å². The molecule has 0 aliphatic heterocycles. The molecule has 4 nitrogen and oxygen atoms in total. The summed E-state index contributed by atoms with van der Waals surface area (Å²) >= 11 is 0. The van der Waals surface area contributed by atoms with Crippen LogP contribution in [0.4, 0.5) is 0 Å². The summed E-state index contributed by atoms with van der Waals surface area (Å²) in [5.74, 6) is 0. The third-order valence-corrected chi connectivity index (χ3v) is 19.2. The topological polar surface area (TPSA) is 54.7 Å². The normalized spacial score (nSPS) is 14.0. The molecule has 0 aliphatic rings. The minimum atomic E-state index is -1.70. The summed E-state index contributed by atoms with van der Waals surface area (Å²) < 4.78 is 14.9. The van der Waals surface area contributed by atoms with Crippen LogP contribution in [0.25, 0.3) is 20.0 Å². The minimum Gasteiger partial charge on any atom is -0.687 e. The van der Waals surface area contributed by atoms with Gasteiger partial charge in [0.1, 0.15) is 0 Å². The SMILES string of the molecule is CC(C)(C)c1ccc(/C(=C/C(=N/[Si](C)(C)C)c2ccc(C(C)(C)C)cc2)[N-][Si](C)(C)C)cc1.C[Si](C)(C)[N-][Si](C)(C)C.C[Si](C)(C)[N-][Si](C)(C)C.[Ce+3]. The van der Waals surface area contributed by atoms with Crippen molar-refractivity contribution in [3.63, 3.8) is 0 Å². The van der Waals surface area contributed by atoms with E-state index in [9.17, 15) is 0 Å². The van der Waals surface area contributed by atoms with Gasteiger partial charge in [-0.25, -0.2) is 0 Å². The Balaban J connectivity index is 0. The molecule has 293 valence electrons. The summed E-state index contributed by atoms with van der Waals surface area (Å²) in [4.78, 5) is 5.26. The Morgan fingerprint density at radius 1 is 0.462 bits per heavy atom. The third kappa shape index (κ3) is 27.8. The first kappa shape index (κ1) is 54.3. The number of hydrogen-bond acceptors (Lipinski definition) is 1. The van der Waals surface area contributed by atoms with Gasteiger partial charge >= 0.3 is 41.7 Å². The van der Waals surface area contributed by atoms with Crippen LogP contribution in [0.3, 0.4) is 0 Å². The van der Waals surface area contributed by atoms with E-state index >= 15 is 0 Å². The van der Waals surface area contributed by atoms with Gasteiger partial charge in [-0.15, -0.1) is 5.70 Å². The molecule has 0 atom stereocenters. The van der Waals surface area contributed by atoms with Crippen molar-refractivity contribution in [3.8, 4) is 0 Å². The number of rotatable bonds is 10. The van der Waals surface area contributed by atoms with Gasteiger partial charge in [0.25, 0.3) is 0 Å². The van der Waals surface area contributed by atoms with Crippen molar-refractivity contribution in [2.45, 2.75) is 170 Å². The first-order valence-corrected chi connectivity index (χ1v) is 39.7. The van der Waals surface area contributed by atoms with E-state index in [4.69, 9.17) is 18.9 Å². The largest absolute Gasteiger partial charge is 3.00 e. The van der Waals surface area contributed by atoms with Crippen molar-refractivity contribution in [1.29, 1.82) is 0 Å². The fraction of sp³-hybridized carbons (Fsp3) is 0.634. The molecule has 11 heteroatoms. The zero-order valence-corrected chi connectivity index (χ0v) is 47.6. The monoisotopic (exact) mass is 937 g/mol. The average Bonchev–Trinajstić information content (AvgIpc) is 2.82. The fourth-order valence-corrected chi connectivity index (χ4v) is 23.4. The molecule has 0 amide bonds. The Hall–Kier alpha value is 0.248. The van der Waals surface area contributed by atoms with Crippen LogP contribution in [0.1, 0.15) is 63.8 Å². The third-order valence-electron chi connectivity index (χ3n) is 6.62. The van der Waals surface area contributed by atoms with Crippen molar-refractivity contribution in [2.75, 3.05) is 0 Å². The molecule has 0 spiro atoms. The summed E-state index contributed by atoms with van der Waals surface area (Å²) in [5.41, 5.74) is 7.38. The Kier molecular flexibility index (Phi) is 21.5. The number of hydrogen-bond donors (Lipinski definition) is 0. The van der Waals surface area contributed by atoms with Gasteiger partial charge < -0.3 is 18.9 Å². The molecule has 0 heterocycles. The quantitative estimate of drug-likeness (QED) is 0.168. The van der Waals surface area contributed by atoms with Gasteiger partial charge in [-0.2, -0.15) is 0 Å². The van der Waals surface area contributed by atoms with E-state index in [2.05, 4.69) is 214 Å². The molecule has 0 aromatic heterocycles. The van der Waals surface area contributed by atoms with Gasteiger partial charge in [0.15, 0.2) is 8.24 Å². The van der Waals surface area contributed by atoms with Crippen molar-refractivity contribution in [2.24, 2.45) is 4.66 Å². The molecule has 52 heavy (non-hydrogen) atoms. The van der Waals surface area contributed by atoms with Crippen LogP contribution in [0.2, 0.25) is 118 Å². The summed E-state index contributed by atoms with van der Waals surface area (Å²) in [5, 5.41) is 0. The van der Waals surface area contributed by atoms with E-state index in [0.717, 1.165) is 11.4 Å². The molecule has 0 aliphatic carbocycles. The van der Waals surface area contributed by atoms with Crippen LogP contribution in [0.15, 0.2) is 59.3 Å². The summed E-state index contributed by atoms with van der Waals surface area (Å²) in [6.45, 7) is 54.8. The molecule has 0 saturated heterocycles. The van der Waals surface area contributed by atoms with Crippen molar-refractivity contribution < 1.29 is 41.7 Å². The second kappa shape index (κ2) is 20.6. The number of benzene rings is 2. The second-order valence-corrected chi connectivity index (χ2v) is 50.3. The molecule has 2 aromatic carbocycles. The molecule has 2 rings (SSSR count). The van der Waals surface area contributed by atoms with Gasteiger partial charge in [-0.05, 0) is 61.0 Å². The van der Waals surface area contributed by atoms with Crippen LogP contribution >= 0.6 is 0 Å². The molecular formula is C41H81CeN4Si6. The average molecular weight is 939 g/mol. The van der Waals surface area contributed by atoms with Crippen molar-refractivity contribution >= 4 is 60.8 Å². The molecular weight excluding hydrogens is 857 g/mol. The van der Waals surface area contributed by atoms with Crippen molar-refractivity contribution in [1.82, 2.24) is 0 Å². The molecule has 0 saturated carbocycles. The molecule has 0 unspecified atom stereocenters. The van der Waals surface area contributed by atoms with Gasteiger partial charge in [-0.1, -0.05) is 227 Å². The van der Waals surface area contributed by atoms with Crippen LogP contribution in [-0.4, -0.2) is 55.1 Å². The smallest absolute Gasteiger partial charge is 0.687 e. The number of nitrogens with zero attached hydrogens (tertiary/aromatic N) is 4. The van der Waals surface area contributed by atoms with E-state index < -0.39 is 49.4 Å². The first-order valence-electron chi connectivity index (χ1n) is 19.0. The number of allylic oxidation sites excluding steroid dienone is 1. The zero-order valence-electron chi connectivity index (χ0n) is 38.5. The Bertz CT molecular complexity index is 1350. The van der Waals surface area contributed by atoms with Gasteiger partial charge in [0.05, 0.1) is 5.71 Å². The van der Waals surface area contributed by atoms with Crippen LogP contribution in [0.5, 0.6) is 0 Å². The van der Waals surface area contributed by atoms with E-state index in [0.29, 0.717) is 0 Å². The Labute approximate surface area is 365 Å². The predicted molar refractivity (Wildman–Crippen MR) is 255 cm³/mol. The first-order chi connectivity index (χ1) is 22.3. The summed E-state index contributed by atoms with van der Waals surface area (Å²) in [6, 6.07) is 17.9. The summed E-state index contributed by atoms with van der Waals surface area (Å²) in [6.07, 6.45) is 2.23. The molecule has 2 aromatic rings. The van der Waals surface area contributed by atoms with Gasteiger partial charge in [0.2, 0.25) is 0 Å². The van der Waals surface area contributed by atoms with Crippen LogP contribution in [-0.2, 0) is 10.8 Å². The maximum Gasteiger partial charge on any atom is 3.00 e. The van der Waals surface area contributed by atoms with Crippen molar-refractivity contribution in [3.05, 3.63) is 91.1 Å². The van der Waals surface area contributed by atoms with Crippen LogP contribution in [0, 0.1) is 41.7 Å². The van der Waals surface area contributed by atoms with E-state index in [1.807, 2.05) is 0 Å². The Morgan fingerprint density at radius 2 is 0.750 bits per heavy atom. The minimum absolute atomic E-state index is 0. The molecule has 0 bridgehead atoms. The maximum atomic E-state index is 5.26. The van der Waals surface area contributed by atoms with E-state index in [-0.39, 0.29) is 52.6 Å². The van der Waals surface area contributed by atoms with Crippen LogP contribution < -0.4 is 0 Å². The molecule has 0 N–H and O–H groups in total. The standard InChI is InChI=1S/C29H45N2Si2.2C6H18NSi2.Ce/c1-28(2,3)24-17-13-22(14-18-24)26(30-32(7,8)9)21-27(31-33(10,11)12)23-15-19-25(20-16-23)29(4,5)6;2*1-8(2,3)7-9(4,5)6;/h13-21H,1-12H3;2*1-6H3;/q3*-1;+3/b26-21-,31-27-;;;. The zero-order chi connectivity index (χ0) is 40.7. The molecule has 1 radical (unpaired) electrons. The Morgan fingerprint density at radius 3 is 0.962 bits per heavy atom. The fourth-order valence-electron chi connectivity index (χ4n) is 5.51. The maximum absolute atomic E-state index is 5.26. The van der Waals surface area contributed by atoms with E-state index in [1.165, 1.54) is 22.3 Å². The summed E-state index contributed by atoms with van der Waals surface area (Å²) in [7, 11) is -7.82. The second-order valence-electron chi connectivity index (χ2n) is 22.0. The predicted octanol–water partition coefficient (Wildman–Crippen LogP) is 15.2.